The quantitative estimate of drug-likeness (QED) is 0.279. The molecule has 0 saturated carbocycles. The van der Waals surface area contributed by atoms with Crippen LogP contribution in [0, 0.1) is 43.7 Å². The molecule has 0 spiro atoms. The van der Waals surface area contributed by atoms with Gasteiger partial charge in [-0.25, -0.2) is 13.6 Å². The molecular formula is C28H20F2N2O4. The van der Waals surface area contributed by atoms with E-state index < -0.39 is 23.5 Å². The van der Waals surface area contributed by atoms with Crippen molar-refractivity contribution in [2.45, 2.75) is 26.7 Å². The van der Waals surface area contributed by atoms with E-state index in [0.717, 1.165) is 28.6 Å². The van der Waals surface area contributed by atoms with Gasteiger partial charge in [0.1, 0.15) is 28.7 Å². The zero-order chi connectivity index (χ0) is 25.7. The number of carbonyl (C=O) groups is 1. The molecule has 2 heterocycles. The third-order valence-corrected chi connectivity index (χ3v) is 6.23. The van der Waals surface area contributed by atoms with Crippen LogP contribution >= 0.6 is 0 Å². The van der Waals surface area contributed by atoms with Gasteiger partial charge in [-0.15, -0.1) is 0 Å². The van der Waals surface area contributed by atoms with Crippen molar-refractivity contribution in [1.29, 1.82) is 5.26 Å². The summed E-state index contributed by atoms with van der Waals surface area (Å²) in [4.78, 5) is 13.0. The molecule has 5 rings (SSSR count). The lowest BCUT2D eigenvalue weighted by Crippen LogP contribution is -2.21. The first kappa shape index (κ1) is 23.1. The average molecular weight is 486 g/mol. The molecule has 0 amide bonds. The largest absolute Gasteiger partial charge is 0.449 e. The molecule has 0 fully saturated rings. The Morgan fingerprint density at radius 1 is 1.06 bits per heavy atom. The van der Waals surface area contributed by atoms with Crippen molar-refractivity contribution in [3.05, 3.63) is 105 Å². The van der Waals surface area contributed by atoms with E-state index >= 15 is 0 Å². The van der Waals surface area contributed by atoms with Crippen LogP contribution in [0.3, 0.4) is 0 Å². The van der Waals surface area contributed by atoms with Crippen LogP contribution in [0.15, 0.2) is 64.4 Å². The molecule has 1 atom stereocenters. The Bertz CT molecular complexity index is 1650. The van der Waals surface area contributed by atoms with Crippen LogP contribution in [0.4, 0.5) is 8.78 Å². The number of hydrogen-bond acceptors (Lipinski definition) is 6. The van der Waals surface area contributed by atoms with Gasteiger partial charge in [-0.2, -0.15) is 5.26 Å². The lowest BCUT2D eigenvalue weighted by molar-refractivity contribution is 0.0702. The Morgan fingerprint density at radius 2 is 1.83 bits per heavy atom. The van der Waals surface area contributed by atoms with Gasteiger partial charge in [0.05, 0.1) is 5.92 Å². The Labute approximate surface area is 205 Å². The number of rotatable bonds is 3. The number of esters is 1. The molecule has 0 saturated heterocycles. The second-order valence-corrected chi connectivity index (χ2v) is 8.70. The minimum atomic E-state index is -1.05. The number of aryl methyl sites for hydroxylation is 3. The summed E-state index contributed by atoms with van der Waals surface area (Å²) in [5.41, 5.74) is 10.1. The fourth-order valence-corrected chi connectivity index (χ4v) is 4.67. The van der Waals surface area contributed by atoms with E-state index in [9.17, 15) is 18.8 Å². The summed E-state index contributed by atoms with van der Waals surface area (Å²) in [5.74, 6) is -3.24. The highest BCUT2D eigenvalue weighted by molar-refractivity contribution is 5.98. The third-order valence-electron chi connectivity index (χ3n) is 6.23. The highest BCUT2D eigenvalue weighted by Crippen LogP contribution is 2.43. The van der Waals surface area contributed by atoms with Gasteiger partial charge in [0.15, 0.2) is 11.6 Å². The van der Waals surface area contributed by atoms with E-state index in [1.54, 1.807) is 13.0 Å². The second kappa shape index (κ2) is 8.54. The number of nitrogens with zero attached hydrogens (tertiary/aromatic N) is 1. The van der Waals surface area contributed by atoms with Crippen molar-refractivity contribution in [2.24, 2.45) is 5.73 Å². The van der Waals surface area contributed by atoms with Crippen LogP contribution in [0.2, 0.25) is 0 Å². The van der Waals surface area contributed by atoms with Crippen molar-refractivity contribution in [2.75, 3.05) is 0 Å². The SMILES string of the molecule is Cc1cc(C)c2c(C)c(C(=O)Oc3ccc4c(c3)OC(N)=C(C#N)C4c3ccc(F)c(F)c3)oc2c1. The summed E-state index contributed by atoms with van der Waals surface area (Å²) in [6, 6.07) is 13.8. The summed E-state index contributed by atoms with van der Waals surface area (Å²) < 4.78 is 44.5. The summed E-state index contributed by atoms with van der Waals surface area (Å²) >= 11 is 0. The zero-order valence-electron chi connectivity index (χ0n) is 19.6. The maximum Gasteiger partial charge on any atom is 0.379 e. The van der Waals surface area contributed by atoms with Gasteiger partial charge >= 0.3 is 5.97 Å². The Morgan fingerprint density at radius 3 is 2.56 bits per heavy atom. The summed E-state index contributed by atoms with van der Waals surface area (Å²) in [6.07, 6.45) is 0. The predicted octanol–water partition coefficient (Wildman–Crippen LogP) is 6.07. The Balaban J connectivity index is 1.51. The summed E-state index contributed by atoms with van der Waals surface area (Å²) in [7, 11) is 0. The van der Waals surface area contributed by atoms with E-state index in [-0.39, 0.29) is 28.7 Å². The van der Waals surface area contributed by atoms with Crippen molar-refractivity contribution >= 4 is 16.9 Å². The number of carbonyl (C=O) groups excluding carboxylic acids is 1. The van der Waals surface area contributed by atoms with Crippen molar-refractivity contribution < 1.29 is 27.5 Å². The molecule has 0 bridgehead atoms. The maximum absolute atomic E-state index is 14.0. The molecule has 2 N–H and O–H groups in total. The average Bonchev–Trinajstić information content (AvgIpc) is 3.16. The van der Waals surface area contributed by atoms with Crippen molar-refractivity contribution in [3.8, 4) is 17.6 Å². The normalized spacial score (nSPS) is 14.8. The smallest absolute Gasteiger partial charge is 0.379 e. The van der Waals surface area contributed by atoms with Crippen molar-refractivity contribution in [3.63, 3.8) is 0 Å². The zero-order valence-corrected chi connectivity index (χ0v) is 19.6. The van der Waals surface area contributed by atoms with E-state index in [1.807, 2.05) is 32.0 Å². The van der Waals surface area contributed by atoms with E-state index in [1.165, 1.54) is 18.2 Å². The van der Waals surface area contributed by atoms with Gasteiger partial charge in [0.25, 0.3) is 0 Å². The lowest BCUT2D eigenvalue weighted by atomic mass is 9.83. The molecule has 1 aliphatic heterocycles. The Hall–Kier alpha value is -4.64. The molecule has 4 aromatic rings. The standard InChI is InChI=1S/C28H20F2N2O4/c1-13-8-14(2)24-15(3)26(35-23(24)9-13)28(33)34-17-5-6-18-22(11-17)36-27(32)19(12-31)25(18)16-4-7-20(29)21(30)10-16/h4-11,25H,32H2,1-3H3. The molecule has 6 nitrogen and oxygen atoms in total. The molecule has 0 radical (unpaired) electrons. The number of fused-ring (bicyclic) bond motifs is 2. The van der Waals surface area contributed by atoms with Crippen LogP contribution in [-0.4, -0.2) is 5.97 Å². The van der Waals surface area contributed by atoms with E-state index in [4.69, 9.17) is 19.6 Å². The van der Waals surface area contributed by atoms with E-state index in [2.05, 4.69) is 0 Å². The molecule has 180 valence electrons. The molecular weight excluding hydrogens is 466 g/mol. The minimum Gasteiger partial charge on any atom is -0.449 e. The number of benzene rings is 3. The first-order chi connectivity index (χ1) is 17.2. The molecule has 1 unspecified atom stereocenters. The van der Waals surface area contributed by atoms with Crippen LogP contribution in [0.5, 0.6) is 11.5 Å². The van der Waals surface area contributed by atoms with Gasteiger partial charge < -0.3 is 19.6 Å². The van der Waals surface area contributed by atoms with Crippen LogP contribution in [0.25, 0.3) is 11.0 Å². The van der Waals surface area contributed by atoms with Gasteiger partial charge in [0.2, 0.25) is 11.6 Å². The molecule has 3 aromatic carbocycles. The van der Waals surface area contributed by atoms with Gasteiger partial charge in [-0.1, -0.05) is 18.2 Å². The maximum atomic E-state index is 14.0. The Kier molecular flexibility index (Phi) is 5.48. The minimum absolute atomic E-state index is 0.0572. The number of furan rings is 1. The fraction of sp³-hybridized carbons (Fsp3) is 0.143. The molecule has 0 aliphatic carbocycles. The highest BCUT2D eigenvalue weighted by Gasteiger charge is 2.32. The number of ether oxygens (including phenoxy) is 2. The fourth-order valence-electron chi connectivity index (χ4n) is 4.67. The third kappa shape index (κ3) is 3.75. The second-order valence-electron chi connectivity index (χ2n) is 8.70. The summed E-state index contributed by atoms with van der Waals surface area (Å²) in [6.45, 7) is 5.69. The first-order valence-electron chi connectivity index (χ1n) is 11.1. The number of hydrogen-bond donors (Lipinski definition) is 1. The lowest BCUT2D eigenvalue weighted by Gasteiger charge is -2.26. The molecule has 1 aliphatic rings. The molecule has 36 heavy (non-hydrogen) atoms. The molecule has 8 heteroatoms. The van der Waals surface area contributed by atoms with Crippen LogP contribution in [-0.2, 0) is 0 Å². The van der Waals surface area contributed by atoms with Crippen LogP contribution < -0.4 is 15.2 Å². The first-order valence-corrected chi connectivity index (χ1v) is 11.1. The van der Waals surface area contributed by atoms with Crippen molar-refractivity contribution in [1.82, 2.24) is 0 Å². The highest BCUT2D eigenvalue weighted by atomic mass is 19.2. The predicted molar refractivity (Wildman–Crippen MR) is 127 cm³/mol. The monoisotopic (exact) mass is 486 g/mol. The number of nitrogens with two attached hydrogens (primary N) is 1. The van der Waals surface area contributed by atoms with E-state index in [0.29, 0.717) is 22.3 Å². The number of halogens is 2. The molecule has 1 aromatic heterocycles. The number of allylic oxidation sites excluding steroid dienone is 1. The van der Waals surface area contributed by atoms with Gasteiger partial charge in [-0.05, 0) is 61.7 Å². The number of nitriles is 1. The summed E-state index contributed by atoms with van der Waals surface area (Å²) in [5, 5.41) is 10.5. The van der Waals surface area contributed by atoms with Crippen LogP contribution in [0.1, 0.15) is 44.3 Å². The van der Waals surface area contributed by atoms with Gasteiger partial charge in [0, 0.05) is 22.6 Å². The van der Waals surface area contributed by atoms with Gasteiger partial charge in [-0.3, -0.25) is 0 Å². The topological polar surface area (TPSA) is 98.5 Å².